The van der Waals surface area contributed by atoms with E-state index in [9.17, 15) is 9.18 Å². The van der Waals surface area contributed by atoms with Crippen molar-refractivity contribution in [3.8, 4) is 0 Å². The van der Waals surface area contributed by atoms with Crippen LogP contribution < -0.4 is 5.32 Å². The molecule has 0 atom stereocenters. The zero-order valence-electron chi connectivity index (χ0n) is 16.1. The molecule has 7 nitrogen and oxygen atoms in total. The Morgan fingerprint density at radius 2 is 2.17 bits per heavy atom. The lowest BCUT2D eigenvalue weighted by molar-refractivity contribution is -0.167. The second-order valence-corrected chi connectivity index (χ2v) is 8.55. The standard InChI is InChI=1S/C21H24FN3O4/c22-19-4-16(24-20(26)28-10-18-7-23-13-29-18)2-1-15(19)3-14-5-21(6-14)11-25(12-21)17-8-27-9-17/h1-2,4,7,13-14,17H,3,5-6,8-12H2,(H,24,26). The van der Waals surface area contributed by atoms with Crippen molar-refractivity contribution in [2.24, 2.45) is 11.3 Å². The van der Waals surface area contributed by atoms with Crippen LogP contribution in [0.5, 0.6) is 0 Å². The van der Waals surface area contributed by atoms with E-state index in [-0.39, 0.29) is 12.4 Å². The number of benzene rings is 1. The number of hydrogen-bond acceptors (Lipinski definition) is 6. The number of ether oxygens (including phenoxy) is 2. The molecule has 29 heavy (non-hydrogen) atoms. The molecule has 2 aliphatic heterocycles. The normalized spacial score (nSPS) is 21.3. The van der Waals surface area contributed by atoms with Crippen molar-refractivity contribution in [2.75, 3.05) is 31.6 Å². The van der Waals surface area contributed by atoms with E-state index in [1.165, 1.54) is 44.6 Å². The summed E-state index contributed by atoms with van der Waals surface area (Å²) in [4.78, 5) is 18.1. The Morgan fingerprint density at radius 3 is 2.83 bits per heavy atom. The second kappa shape index (κ2) is 7.42. The molecule has 5 rings (SSSR count). The molecule has 0 unspecified atom stereocenters. The van der Waals surface area contributed by atoms with Crippen molar-refractivity contribution < 1.29 is 23.1 Å². The molecule has 2 saturated heterocycles. The molecule has 2 aromatic rings. The number of halogens is 1. The van der Waals surface area contributed by atoms with E-state index in [1.807, 2.05) is 0 Å². The molecule has 1 N–H and O–H groups in total. The molecule has 0 bridgehead atoms. The summed E-state index contributed by atoms with van der Waals surface area (Å²) in [6.45, 7) is 4.05. The molecule has 1 saturated carbocycles. The van der Waals surface area contributed by atoms with Crippen molar-refractivity contribution >= 4 is 11.8 Å². The maximum absolute atomic E-state index is 14.5. The van der Waals surface area contributed by atoms with E-state index in [4.69, 9.17) is 13.9 Å². The van der Waals surface area contributed by atoms with E-state index in [1.54, 1.807) is 12.1 Å². The van der Waals surface area contributed by atoms with Gasteiger partial charge in [0.1, 0.15) is 5.82 Å². The fraction of sp³-hybridized carbons (Fsp3) is 0.524. The lowest BCUT2D eigenvalue weighted by Crippen LogP contribution is -2.68. The van der Waals surface area contributed by atoms with E-state index in [0.29, 0.717) is 34.4 Å². The fourth-order valence-electron chi connectivity index (χ4n) is 4.78. The van der Waals surface area contributed by atoms with Gasteiger partial charge in [-0.25, -0.2) is 14.2 Å². The number of hydrogen-bond donors (Lipinski definition) is 1. The van der Waals surface area contributed by atoms with Crippen LogP contribution in [0.1, 0.15) is 24.2 Å². The first kappa shape index (κ1) is 18.6. The highest BCUT2D eigenvalue weighted by molar-refractivity contribution is 5.84. The fourth-order valence-corrected chi connectivity index (χ4v) is 4.78. The van der Waals surface area contributed by atoms with Gasteiger partial charge in [-0.15, -0.1) is 0 Å². The van der Waals surface area contributed by atoms with Gasteiger partial charge in [0.15, 0.2) is 18.8 Å². The van der Waals surface area contributed by atoms with Gasteiger partial charge in [0.25, 0.3) is 0 Å². The third-order valence-electron chi connectivity index (χ3n) is 6.29. The van der Waals surface area contributed by atoms with Crippen molar-refractivity contribution in [2.45, 2.75) is 31.9 Å². The molecule has 8 heteroatoms. The summed E-state index contributed by atoms with van der Waals surface area (Å²) in [5.74, 6) is 0.686. The predicted octanol–water partition coefficient (Wildman–Crippen LogP) is 3.22. The van der Waals surface area contributed by atoms with Gasteiger partial charge < -0.3 is 13.9 Å². The van der Waals surface area contributed by atoms with Crippen LogP contribution in [0.15, 0.2) is 35.2 Å². The summed E-state index contributed by atoms with van der Waals surface area (Å²) < 4.78 is 29.8. The Kier molecular flexibility index (Phi) is 4.75. The minimum Gasteiger partial charge on any atom is -0.445 e. The summed E-state index contributed by atoms with van der Waals surface area (Å²) >= 11 is 0. The number of nitrogens with one attached hydrogen (secondary N) is 1. The van der Waals surface area contributed by atoms with Crippen molar-refractivity contribution in [1.82, 2.24) is 9.88 Å². The molecular formula is C21H24FN3O4. The van der Waals surface area contributed by atoms with Crippen LogP contribution in [0.3, 0.4) is 0 Å². The Morgan fingerprint density at radius 1 is 1.34 bits per heavy atom. The Bertz CT molecular complexity index is 870. The van der Waals surface area contributed by atoms with E-state index >= 15 is 0 Å². The number of carbonyl (C=O) groups excluding carboxylic acids is 1. The number of carbonyl (C=O) groups is 1. The number of likely N-dealkylation sites (tertiary alicyclic amines) is 1. The lowest BCUT2D eigenvalue weighted by atomic mass is 9.56. The molecule has 1 amide bonds. The van der Waals surface area contributed by atoms with Gasteiger partial charge in [0.2, 0.25) is 0 Å². The third-order valence-corrected chi connectivity index (χ3v) is 6.29. The number of amides is 1. The highest BCUT2D eigenvalue weighted by Gasteiger charge is 2.54. The predicted molar refractivity (Wildman–Crippen MR) is 102 cm³/mol. The molecular weight excluding hydrogens is 377 g/mol. The van der Waals surface area contributed by atoms with E-state index in [0.717, 1.165) is 19.6 Å². The Balaban J connectivity index is 1.08. The number of anilines is 1. The van der Waals surface area contributed by atoms with Crippen LogP contribution >= 0.6 is 0 Å². The molecule has 1 aromatic heterocycles. The van der Waals surface area contributed by atoms with E-state index < -0.39 is 6.09 Å². The number of rotatable bonds is 6. The largest absolute Gasteiger partial charge is 0.445 e. The summed E-state index contributed by atoms with van der Waals surface area (Å²) in [6.07, 6.45) is 5.15. The summed E-state index contributed by atoms with van der Waals surface area (Å²) in [5, 5.41) is 2.53. The summed E-state index contributed by atoms with van der Waals surface area (Å²) in [6, 6.07) is 5.44. The maximum Gasteiger partial charge on any atom is 0.412 e. The average Bonchev–Trinajstić information content (AvgIpc) is 3.10. The zero-order chi connectivity index (χ0) is 19.8. The van der Waals surface area contributed by atoms with Crippen LogP contribution in [0, 0.1) is 17.2 Å². The van der Waals surface area contributed by atoms with Gasteiger partial charge in [-0.1, -0.05) is 6.07 Å². The first-order chi connectivity index (χ1) is 14.1. The lowest BCUT2D eigenvalue weighted by Gasteiger charge is -2.62. The zero-order valence-corrected chi connectivity index (χ0v) is 16.1. The molecule has 1 spiro atoms. The molecule has 3 fully saturated rings. The molecule has 0 radical (unpaired) electrons. The van der Waals surface area contributed by atoms with Gasteiger partial charge in [-0.3, -0.25) is 10.2 Å². The van der Waals surface area contributed by atoms with Crippen molar-refractivity contribution in [3.63, 3.8) is 0 Å². The average molecular weight is 401 g/mol. The monoisotopic (exact) mass is 401 g/mol. The van der Waals surface area contributed by atoms with Gasteiger partial charge >= 0.3 is 6.09 Å². The highest BCUT2D eigenvalue weighted by Crippen LogP contribution is 2.53. The Labute approximate surface area is 168 Å². The molecule has 1 aromatic carbocycles. The van der Waals surface area contributed by atoms with Crippen LogP contribution in [-0.4, -0.2) is 48.3 Å². The van der Waals surface area contributed by atoms with Crippen LogP contribution in [-0.2, 0) is 22.5 Å². The third kappa shape index (κ3) is 3.86. The van der Waals surface area contributed by atoms with Gasteiger partial charge in [0.05, 0.1) is 25.5 Å². The SMILES string of the molecule is O=C(Nc1ccc(CC2CC3(C2)CN(C2COC2)C3)c(F)c1)OCc1cnco1. The van der Waals surface area contributed by atoms with Gasteiger partial charge in [-0.2, -0.15) is 0 Å². The van der Waals surface area contributed by atoms with Crippen LogP contribution in [0.4, 0.5) is 14.9 Å². The minimum atomic E-state index is -0.666. The number of nitrogens with zero attached hydrogens (tertiary/aromatic N) is 2. The summed E-state index contributed by atoms with van der Waals surface area (Å²) in [7, 11) is 0. The topological polar surface area (TPSA) is 76.8 Å². The quantitative estimate of drug-likeness (QED) is 0.801. The van der Waals surface area contributed by atoms with Gasteiger partial charge in [0, 0.05) is 18.8 Å². The Hall–Kier alpha value is -2.45. The first-order valence-corrected chi connectivity index (χ1v) is 10.00. The second-order valence-electron chi connectivity index (χ2n) is 8.55. The van der Waals surface area contributed by atoms with Crippen LogP contribution in [0.2, 0.25) is 0 Å². The van der Waals surface area contributed by atoms with Crippen molar-refractivity contribution in [3.05, 3.63) is 47.9 Å². The molecule has 3 aliphatic rings. The molecule has 3 heterocycles. The minimum absolute atomic E-state index is 0.0268. The molecule has 1 aliphatic carbocycles. The number of aromatic nitrogens is 1. The summed E-state index contributed by atoms with van der Waals surface area (Å²) in [5.41, 5.74) is 1.54. The highest BCUT2D eigenvalue weighted by atomic mass is 19.1. The van der Waals surface area contributed by atoms with Gasteiger partial charge in [-0.05, 0) is 48.3 Å². The van der Waals surface area contributed by atoms with Crippen LogP contribution in [0.25, 0.3) is 0 Å². The first-order valence-electron chi connectivity index (χ1n) is 10.00. The maximum atomic E-state index is 14.5. The smallest absolute Gasteiger partial charge is 0.412 e. The number of oxazole rings is 1. The molecule has 154 valence electrons. The van der Waals surface area contributed by atoms with E-state index in [2.05, 4.69) is 15.2 Å². The van der Waals surface area contributed by atoms with Crippen molar-refractivity contribution in [1.29, 1.82) is 0 Å².